The van der Waals surface area contributed by atoms with E-state index in [1.54, 1.807) is 38.4 Å². The zero-order valence-corrected chi connectivity index (χ0v) is 15.6. The van der Waals surface area contributed by atoms with Crippen molar-refractivity contribution >= 4 is 22.2 Å². The molecule has 1 aliphatic carbocycles. The van der Waals surface area contributed by atoms with Crippen LogP contribution in [0.3, 0.4) is 0 Å². The lowest BCUT2D eigenvalue weighted by molar-refractivity contribution is -0.133. The minimum Gasteiger partial charge on any atom is -0.444 e. The number of benzene rings is 1. The van der Waals surface area contributed by atoms with Gasteiger partial charge in [0.25, 0.3) is 0 Å². The molecular weight excluding hydrogens is 358 g/mol. The normalized spacial score (nSPS) is 27.2. The monoisotopic (exact) mass is 381 g/mol. The highest BCUT2D eigenvalue weighted by Gasteiger charge is 2.58. The van der Waals surface area contributed by atoms with Crippen LogP contribution in [0.5, 0.6) is 0 Å². The average molecular weight is 381 g/mol. The van der Waals surface area contributed by atoms with Crippen molar-refractivity contribution in [2.24, 2.45) is 5.92 Å². The molecule has 1 aliphatic heterocycles. The Bertz CT molecular complexity index is 781. The molecule has 2 aliphatic rings. The zero-order valence-electron chi connectivity index (χ0n) is 14.8. The van der Waals surface area contributed by atoms with Gasteiger partial charge in [0.2, 0.25) is 5.91 Å². The van der Waals surface area contributed by atoms with E-state index in [-0.39, 0.29) is 30.5 Å². The topological polar surface area (TPSA) is 95.8 Å². The number of fused-ring (bicyclic) bond motifs is 1. The number of ether oxygens (including phenoxy) is 1. The van der Waals surface area contributed by atoms with Crippen LogP contribution in [-0.2, 0) is 26.3 Å². The molecule has 1 saturated heterocycles. The number of nitrogens with one attached hydrogen (secondary N) is 1. The Morgan fingerprint density at radius 3 is 2.54 bits per heavy atom. The molecule has 0 bridgehead atoms. The molecule has 2 fully saturated rings. The van der Waals surface area contributed by atoms with Gasteiger partial charge in [-0.05, 0) is 24.8 Å². The second kappa shape index (κ2) is 7.24. The summed E-state index contributed by atoms with van der Waals surface area (Å²) < 4.78 is 33.0. The summed E-state index contributed by atoms with van der Waals surface area (Å²) in [5, 5.41) is 0. The van der Waals surface area contributed by atoms with Crippen LogP contribution in [0.1, 0.15) is 24.8 Å². The molecule has 0 spiro atoms. The van der Waals surface area contributed by atoms with Crippen LogP contribution in [0.4, 0.5) is 4.79 Å². The third-order valence-corrected chi connectivity index (χ3v) is 6.36. The van der Waals surface area contributed by atoms with Gasteiger partial charge in [0.15, 0.2) is 0 Å². The van der Waals surface area contributed by atoms with E-state index in [1.807, 2.05) is 10.8 Å². The molecule has 26 heavy (non-hydrogen) atoms. The van der Waals surface area contributed by atoms with Crippen LogP contribution in [0, 0.1) is 5.92 Å². The van der Waals surface area contributed by atoms with E-state index in [4.69, 9.17) is 4.74 Å². The van der Waals surface area contributed by atoms with E-state index < -0.39 is 16.3 Å². The number of carbonyl (C=O) groups is 2. The first-order valence-electron chi connectivity index (χ1n) is 8.52. The molecule has 1 N–H and O–H groups in total. The summed E-state index contributed by atoms with van der Waals surface area (Å²) in [6.45, 7) is -0.00549. The van der Waals surface area contributed by atoms with Crippen molar-refractivity contribution < 1.29 is 22.7 Å². The Morgan fingerprint density at radius 2 is 1.88 bits per heavy atom. The Labute approximate surface area is 153 Å². The molecule has 1 saturated carbocycles. The van der Waals surface area contributed by atoms with Crippen LogP contribution < -0.4 is 4.72 Å². The number of hydrogen-bond donors (Lipinski definition) is 1. The van der Waals surface area contributed by atoms with Gasteiger partial charge in [0.05, 0.1) is 0 Å². The summed E-state index contributed by atoms with van der Waals surface area (Å²) in [5.41, 5.74) is 0.769. The highest BCUT2D eigenvalue weighted by molar-refractivity contribution is 7.88. The number of rotatable bonds is 5. The average Bonchev–Trinajstić information content (AvgIpc) is 3.34. The smallest absolute Gasteiger partial charge is 0.422 e. The molecular formula is C17H23N3O5S. The second-order valence-electron chi connectivity index (χ2n) is 6.88. The standard InChI is InChI=1S/C17H23N3O5S/c1-19(2)16(21)13-8-9-14-15(10-13)20(14)26(23,24)18-17(22)25-11-12-6-4-3-5-7-12/h3-7,13-15H,8-11H2,1-2H3,(H,18,22)/t13-,14+,15-,20?/m0/s1. The Morgan fingerprint density at radius 1 is 1.19 bits per heavy atom. The molecule has 1 unspecified atom stereocenters. The van der Waals surface area contributed by atoms with Crippen LogP contribution in [0.15, 0.2) is 30.3 Å². The van der Waals surface area contributed by atoms with Crippen molar-refractivity contribution in [3.63, 3.8) is 0 Å². The van der Waals surface area contributed by atoms with Crippen molar-refractivity contribution in [2.75, 3.05) is 14.1 Å². The first kappa shape index (κ1) is 18.7. The Balaban J connectivity index is 1.53. The van der Waals surface area contributed by atoms with Gasteiger partial charge in [-0.2, -0.15) is 12.7 Å². The van der Waals surface area contributed by atoms with Crippen LogP contribution in [0.25, 0.3) is 0 Å². The molecule has 3 rings (SSSR count). The number of hydrogen-bond acceptors (Lipinski definition) is 5. The van der Waals surface area contributed by atoms with E-state index in [9.17, 15) is 18.0 Å². The summed E-state index contributed by atoms with van der Waals surface area (Å²) in [5.74, 6) is -0.153. The van der Waals surface area contributed by atoms with Gasteiger partial charge >= 0.3 is 16.3 Å². The van der Waals surface area contributed by atoms with Crippen molar-refractivity contribution in [3.05, 3.63) is 35.9 Å². The summed E-state index contributed by atoms with van der Waals surface area (Å²) in [6.07, 6.45) is 0.762. The summed E-state index contributed by atoms with van der Waals surface area (Å²) >= 11 is 0. The Hall–Kier alpha value is -2.13. The van der Waals surface area contributed by atoms with Crippen LogP contribution >= 0.6 is 0 Å². The minimum absolute atomic E-state index is 0.00549. The fourth-order valence-electron chi connectivity index (χ4n) is 3.53. The van der Waals surface area contributed by atoms with Gasteiger partial charge in [0.1, 0.15) is 6.61 Å². The first-order valence-corrected chi connectivity index (χ1v) is 9.96. The van der Waals surface area contributed by atoms with Gasteiger partial charge in [-0.3, -0.25) is 4.79 Å². The summed E-state index contributed by atoms with van der Waals surface area (Å²) in [4.78, 5) is 25.4. The van der Waals surface area contributed by atoms with E-state index >= 15 is 0 Å². The predicted molar refractivity (Wildman–Crippen MR) is 94.1 cm³/mol. The van der Waals surface area contributed by atoms with Crippen molar-refractivity contribution in [3.8, 4) is 0 Å². The number of amides is 2. The van der Waals surface area contributed by atoms with Crippen LogP contribution in [0.2, 0.25) is 0 Å². The highest BCUT2D eigenvalue weighted by atomic mass is 32.2. The lowest BCUT2D eigenvalue weighted by atomic mass is 9.88. The molecule has 142 valence electrons. The molecule has 0 radical (unpaired) electrons. The van der Waals surface area contributed by atoms with E-state index in [1.165, 1.54) is 9.21 Å². The van der Waals surface area contributed by atoms with Gasteiger partial charge < -0.3 is 9.64 Å². The maximum Gasteiger partial charge on any atom is 0.422 e. The van der Waals surface area contributed by atoms with E-state index in [0.717, 1.165) is 5.56 Å². The van der Waals surface area contributed by atoms with Crippen molar-refractivity contribution in [2.45, 2.75) is 38.0 Å². The minimum atomic E-state index is -3.96. The lowest BCUT2D eigenvalue weighted by Crippen LogP contribution is -2.37. The highest BCUT2D eigenvalue weighted by Crippen LogP contribution is 2.45. The van der Waals surface area contributed by atoms with Gasteiger partial charge in [-0.1, -0.05) is 30.3 Å². The molecule has 1 aromatic carbocycles. The molecule has 9 heteroatoms. The second-order valence-corrected chi connectivity index (χ2v) is 8.45. The largest absolute Gasteiger partial charge is 0.444 e. The maximum atomic E-state index is 12.4. The molecule has 1 heterocycles. The molecule has 2 amide bonds. The van der Waals surface area contributed by atoms with Crippen LogP contribution in [-0.4, -0.2) is 55.8 Å². The van der Waals surface area contributed by atoms with Gasteiger partial charge in [-0.25, -0.2) is 9.52 Å². The SMILES string of the molecule is CN(C)C(=O)[C@H]1CC[C@@H]2[C@H](C1)N2S(=O)(=O)NC(=O)OCc1ccccc1. The zero-order chi connectivity index (χ0) is 18.9. The van der Waals surface area contributed by atoms with Crippen molar-refractivity contribution in [1.82, 2.24) is 13.9 Å². The third-order valence-electron chi connectivity index (χ3n) is 4.84. The fraction of sp³-hybridized carbons (Fsp3) is 0.529. The van der Waals surface area contributed by atoms with Gasteiger partial charge in [-0.15, -0.1) is 0 Å². The van der Waals surface area contributed by atoms with Crippen molar-refractivity contribution in [1.29, 1.82) is 0 Å². The molecule has 8 nitrogen and oxygen atoms in total. The fourth-order valence-corrected chi connectivity index (χ4v) is 5.03. The molecule has 0 aromatic heterocycles. The van der Waals surface area contributed by atoms with E-state index in [0.29, 0.717) is 19.3 Å². The number of nitrogens with zero attached hydrogens (tertiary/aromatic N) is 2. The third kappa shape index (κ3) is 3.99. The molecule has 4 atom stereocenters. The number of carbonyl (C=O) groups excluding carboxylic acids is 2. The quantitative estimate of drug-likeness (QED) is 0.771. The first-order chi connectivity index (χ1) is 12.3. The maximum absolute atomic E-state index is 12.4. The molecule has 1 aromatic rings. The summed E-state index contributed by atoms with van der Waals surface area (Å²) in [7, 11) is -0.570. The lowest BCUT2D eigenvalue weighted by Gasteiger charge is -2.22. The summed E-state index contributed by atoms with van der Waals surface area (Å²) in [6, 6.07) is 8.65. The predicted octanol–water partition coefficient (Wildman–Crippen LogP) is 1.10. The van der Waals surface area contributed by atoms with Gasteiger partial charge in [0, 0.05) is 32.1 Å². The Kier molecular flexibility index (Phi) is 5.19. The van der Waals surface area contributed by atoms with E-state index in [2.05, 4.69) is 0 Å².